The third-order valence-electron chi connectivity index (χ3n) is 5.20. The molecule has 1 aromatic rings. The highest BCUT2D eigenvalue weighted by Crippen LogP contribution is 2.44. The molecular formula is C17H24N2O3. The number of rotatable bonds is 3. The van der Waals surface area contributed by atoms with Gasteiger partial charge in [-0.05, 0) is 30.7 Å². The number of carbonyl (C=O) groups excluding carboxylic acids is 1. The summed E-state index contributed by atoms with van der Waals surface area (Å²) >= 11 is 0. The number of amides is 1. The van der Waals surface area contributed by atoms with Crippen LogP contribution in [0.5, 0.6) is 5.88 Å². The van der Waals surface area contributed by atoms with Crippen LogP contribution < -0.4 is 4.74 Å². The maximum Gasteiger partial charge on any atom is 0.219 e. The Hall–Kier alpha value is -1.62. The normalized spacial score (nSPS) is 24.2. The van der Waals surface area contributed by atoms with Gasteiger partial charge in [-0.25, -0.2) is 4.98 Å². The van der Waals surface area contributed by atoms with Gasteiger partial charge in [-0.1, -0.05) is 6.07 Å². The Bertz CT molecular complexity index is 498. The third kappa shape index (κ3) is 3.24. The van der Waals surface area contributed by atoms with E-state index in [1.165, 1.54) is 0 Å². The molecule has 2 fully saturated rings. The fourth-order valence-electron chi connectivity index (χ4n) is 3.65. The smallest absolute Gasteiger partial charge is 0.219 e. The number of pyridine rings is 1. The molecule has 120 valence electrons. The first-order valence-electron chi connectivity index (χ1n) is 8.07. The van der Waals surface area contributed by atoms with Crippen molar-refractivity contribution in [1.29, 1.82) is 0 Å². The van der Waals surface area contributed by atoms with Crippen LogP contribution >= 0.6 is 0 Å². The Balaban J connectivity index is 1.63. The summed E-state index contributed by atoms with van der Waals surface area (Å²) in [5, 5.41) is 0. The van der Waals surface area contributed by atoms with Gasteiger partial charge in [0.1, 0.15) is 0 Å². The number of piperidine rings is 1. The van der Waals surface area contributed by atoms with Gasteiger partial charge in [0.15, 0.2) is 0 Å². The zero-order valence-electron chi connectivity index (χ0n) is 13.2. The molecule has 0 saturated carbocycles. The van der Waals surface area contributed by atoms with E-state index < -0.39 is 0 Å². The second kappa shape index (κ2) is 6.65. The van der Waals surface area contributed by atoms with Gasteiger partial charge in [-0.2, -0.15) is 0 Å². The zero-order valence-corrected chi connectivity index (χ0v) is 13.2. The van der Waals surface area contributed by atoms with E-state index in [-0.39, 0.29) is 11.3 Å². The molecule has 0 radical (unpaired) electrons. The van der Waals surface area contributed by atoms with E-state index >= 15 is 0 Å². The maximum atomic E-state index is 11.5. The summed E-state index contributed by atoms with van der Waals surface area (Å²) < 4.78 is 11.6. The SMILES string of the molecule is CC(=O)N1CCC2(CCOC[C@@H]2COc2ccccn2)CC1. The van der Waals surface area contributed by atoms with Crippen LogP contribution in [0.4, 0.5) is 0 Å². The highest BCUT2D eigenvalue weighted by Gasteiger charge is 2.44. The van der Waals surface area contributed by atoms with E-state index in [0.29, 0.717) is 18.4 Å². The summed E-state index contributed by atoms with van der Waals surface area (Å²) in [6, 6.07) is 5.70. The minimum Gasteiger partial charge on any atom is -0.477 e. The molecule has 3 heterocycles. The summed E-state index contributed by atoms with van der Waals surface area (Å²) in [6.45, 7) is 5.57. The Morgan fingerprint density at radius 2 is 2.23 bits per heavy atom. The first-order valence-corrected chi connectivity index (χ1v) is 8.07. The van der Waals surface area contributed by atoms with Gasteiger partial charge >= 0.3 is 0 Å². The fraction of sp³-hybridized carbons (Fsp3) is 0.647. The summed E-state index contributed by atoms with van der Waals surface area (Å²) in [7, 11) is 0. The van der Waals surface area contributed by atoms with Gasteiger partial charge in [0.25, 0.3) is 0 Å². The molecule has 0 unspecified atom stereocenters. The van der Waals surface area contributed by atoms with Gasteiger partial charge in [-0.3, -0.25) is 4.79 Å². The number of likely N-dealkylation sites (tertiary alicyclic amines) is 1. The first kappa shape index (κ1) is 15.3. The molecule has 0 bridgehead atoms. The van der Waals surface area contributed by atoms with Gasteiger partial charge in [-0.15, -0.1) is 0 Å². The van der Waals surface area contributed by atoms with Crippen LogP contribution in [0.1, 0.15) is 26.2 Å². The van der Waals surface area contributed by atoms with Crippen molar-refractivity contribution in [1.82, 2.24) is 9.88 Å². The lowest BCUT2D eigenvalue weighted by Crippen LogP contribution is -2.50. The predicted octanol–water partition coefficient (Wildman–Crippen LogP) is 2.13. The lowest BCUT2D eigenvalue weighted by molar-refractivity contribution is -0.135. The minimum atomic E-state index is 0.184. The lowest BCUT2D eigenvalue weighted by atomic mass is 9.66. The quantitative estimate of drug-likeness (QED) is 0.858. The first-order chi connectivity index (χ1) is 10.7. The molecule has 5 heteroatoms. The number of hydrogen-bond acceptors (Lipinski definition) is 4. The molecule has 22 heavy (non-hydrogen) atoms. The molecule has 1 aromatic heterocycles. The summed E-state index contributed by atoms with van der Waals surface area (Å²) in [5.41, 5.74) is 0.249. The van der Waals surface area contributed by atoms with E-state index in [9.17, 15) is 4.79 Å². The van der Waals surface area contributed by atoms with Crippen molar-refractivity contribution in [2.75, 3.05) is 32.9 Å². The molecule has 2 aliphatic heterocycles. The van der Waals surface area contributed by atoms with Crippen LogP contribution in [-0.4, -0.2) is 48.7 Å². The Kier molecular flexibility index (Phi) is 4.62. The van der Waals surface area contributed by atoms with E-state index in [1.807, 2.05) is 23.1 Å². The van der Waals surface area contributed by atoms with Crippen molar-refractivity contribution in [3.05, 3.63) is 24.4 Å². The minimum absolute atomic E-state index is 0.184. The van der Waals surface area contributed by atoms with Crippen molar-refractivity contribution in [2.24, 2.45) is 11.3 Å². The number of carbonyl (C=O) groups is 1. The standard InChI is InChI=1S/C17H24N2O3/c1-14(20)19-9-5-17(6-10-19)7-11-21-12-15(17)13-22-16-4-2-3-8-18-16/h2-4,8,15H,5-7,9-13H2,1H3/t15-/m1/s1. The predicted molar refractivity (Wildman–Crippen MR) is 82.6 cm³/mol. The molecular weight excluding hydrogens is 280 g/mol. The molecule has 0 N–H and O–H groups in total. The fourth-order valence-corrected chi connectivity index (χ4v) is 3.65. The highest BCUT2D eigenvalue weighted by molar-refractivity contribution is 5.73. The van der Waals surface area contributed by atoms with Gasteiger partial charge in [0.05, 0.1) is 13.2 Å². The Labute approximate surface area is 131 Å². The Morgan fingerprint density at radius 3 is 2.91 bits per heavy atom. The van der Waals surface area contributed by atoms with Crippen LogP contribution in [0, 0.1) is 11.3 Å². The van der Waals surface area contributed by atoms with Crippen molar-refractivity contribution in [2.45, 2.75) is 26.2 Å². The molecule has 2 saturated heterocycles. The second-order valence-corrected chi connectivity index (χ2v) is 6.37. The molecule has 1 atom stereocenters. The molecule has 2 aliphatic rings. The van der Waals surface area contributed by atoms with Crippen LogP contribution in [0.2, 0.25) is 0 Å². The van der Waals surface area contributed by atoms with Crippen LogP contribution in [-0.2, 0) is 9.53 Å². The zero-order chi connectivity index (χ0) is 15.4. The van der Waals surface area contributed by atoms with Crippen LogP contribution in [0.3, 0.4) is 0 Å². The summed E-state index contributed by atoms with van der Waals surface area (Å²) in [4.78, 5) is 17.7. The van der Waals surface area contributed by atoms with Gasteiger partial charge < -0.3 is 14.4 Å². The van der Waals surface area contributed by atoms with E-state index in [1.54, 1.807) is 13.1 Å². The maximum absolute atomic E-state index is 11.5. The van der Waals surface area contributed by atoms with Crippen molar-refractivity contribution >= 4 is 5.91 Å². The molecule has 3 rings (SSSR count). The van der Waals surface area contributed by atoms with E-state index in [0.717, 1.165) is 45.6 Å². The van der Waals surface area contributed by atoms with Crippen molar-refractivity contribution < 1.29 is 14.3 Å². The largest absolute Gasteiger partial charge is 0.477 e. The topological polar surface area (TPSA) is 51.7 Å². The van der Waals surface area contributed by atoms with Crippen LogP contribution in [0.15, 0.2) is 24.4 Å². The number of ether oxygens (including phenoxy) is 2. The molecule has 1 spiro atoms. The van der Waals surface area contributed by atoms with Gasteiger partial charge in [0, 0.05) is 44.8 Å². The second-order valence-electron chi connectivity index (χ2n) is 6.37. The average Bonchev–Trinajstić information content (AvgIpc) is 2.55. The van der Waals surface area contributed by atoms with Crippen LogP contribution in [0.25, 0.3) is 0 Å². The number of hydrogen-bond donors (Lipinski definition) is 0. The van der Waals surface area contributed by atoms with Crippen molar-refractivity contribution in [3.63, 3.8) is 0 Å². The summed E-state index contributed by atoms with van der Waals surface area (Å²) in [5.74, 6) is 1.23. The molecule has 0 aliphatic carbocycles. The molecule has 0 aromatic carbocycles. The Morgan fingerprint density at radius 1 is 1.41 bits per heavy atom. The lowest BCUT2D eigenvalue weighted by Gasteiger charge is -2.48. The van der Waals surface area contributed by atoms with Crippen molar-refractivity contribution in [3.8, 4) is 5.88 Å². The number of nitrogens with zero attached hydrogens (tertiary/aromatic N) is 2. The monoisotopic (exact) mass is 304 g/mol. The van der Waals surface area contributed by atoms with Gasteiger partial charge in [0.2, 0.25) is 11.8 Å². The summed E-state index contributed by atoms with van der Waals surface area (Å²) in [6.07, 6.45) is 4.90. The molecule has 1 amide bonds. The molecule has 5 nitrogen and oxygen atoms in total. The highest BCUT2D eigenvalue weighted by atomic mass is 16.5. The average molecular weight is 304 g/mol. The third-order valence-corrected chi connectivity index (χ3v) is 5.20. The van der Waals surface area contributed by atoms with E-state index in [2.05, 4.69) is 4.98 Å². The van der Waals surface area contributed by atoms with E-state index in [4.69, 9.17) is 9.47 Å². The number of aromatic nitrogens is 1.